The lowest BCUT2D eigenvalue weighted by Gasteiger charge is -2.15. The highest BCUT2D eigenvalue weighted by Crippen LogP contribution is 2.26. The van der Waals surface area contributed by atoms with Gasteiger partial charge in [-0.05, 0) is 61.1 Å². The summed E-state index contributed by atoms with van der Waals surface area (Å²) in [5.74, 6) is 1.26. The van der Waals surface area contributed by atoms with Crippen LogP contribution in [0.2, 0.25) is 0 Å². The molecule has 0 aliphatic heterocycles. The number of carbonyl (C=O) groups is 1. The van der Waals surface area contributed by atoms with Crippen LogP contribution in [0.4, 0.5) is 11.4 Å². The fraction of sp³-hybridized carbons (Fsp3) is 0.219. The monoisotopic (exact) mass is 494 g/mol. The lowest BCUT2D eigenvalue weighted by Crippen LogP contribution is -2.22. The van der Waals surface area contributed by atoms with Crippen LogP contribution in [0.5, 0.6) is 11.5 Å². The number of ether oxygens (including phenoxy) is 2. The van der Waals surface area contributed by atoms with E-state index in [1.165, 1.54) is 11.1 Å². The van der Waals surface area contributed by atoms with E-state index in [1.807, 2.05) is 72.8 Å². The largest absolute Gasteiger partial charge is 0.491 e. The molecule has 4 aromatic carbocycles. The first-order valence-electron chi connectivity index (χ1n) is 12.8. The van der Waals surface area contributed by atoms with Gasteiger partial charge in [0.1, 0.15) is 11.5 Å². The molecular weight excluding hydrogens is 460 g/mol. The Bertz CT molecular complexity index is 1230. The Labute approximate surface area is 219 Å². The molecule has 0 bridgehead atoms. The SMILES string of the molecule is O=C(CNc1ccccc1OCCCc1ccccc1)Nc1ccccc1OCCCc1ccccc1. The molecule has 4 aromatic rings. The van der Waals surface area contributed by atoms with Gasteiger partial charge in [-0.1, -0.05) is 84.9 Å². The second-order valence-corrected chi connectivity index (χ2v) is 8.77. The Morgan fingerprint density at radius 1 is 0.568 bits per heavy atom. The molecule has 0 aromatic heterocycles. The molecule has 0 unspecified atom stereocenters. The average Bonchev–Trinajstić information content (AvgIpc) is 2.95. The van der Waals surface area contributed by atoms with Gasteiger partial charge < -0.3 is 20.1 Å². The van der Waals surface area contributed by atoms with Gasteiger partial charge in [0.05, 0.1) is 31.1 Å². The van der Waals surface area contributed by atoms with Gasteiger partial charge >= 0.3 is 0 Å². The maximum atomic E-state index is 12.7. The molecular formula is C32H34N2O3. The molecule has 1 amide bonds. The van der Waals surface area contributed by atoms with Crippen LogP contribution in [0.1, 0.15) is 24.0 Å². The summed E-state index contributed by atoms with van der Waals surface area (Å²) in [4.78, 5) is 12.7. The first kappa shape index (κ1) is 25.8. The molecule has 0 saturated carbocycles. The predicted octanol–water partition coefficient (Wildman–Crippen LogP) is 6.76. The van der Waals surface area contributed by atoms with Crippen molar-refractivity contribution in [2.45, 2.75) is 25.7 Å². The summed E-state index contributed by atoms with van der Waals surface area (Å²) < 4.78 is 12.0. The number of amides is 1. The zero-order chi connectivity index (χ0) is 25.5. The van der Waals surface area contributed by atoms with Gasteiger partial charge in [-0.25, -0.2) is 0 Å². The van der Waals surface area contributed by atoms with Gasteiger partial charge in [0.2, 0.25) is 5.91 Å². The van der Waals surface area contributed by atoms with Crippen molar-refractivity contribution in [3.63, 3.8) is 0 Å². The number of benzene rings is 4. The van der Waals surface area contributed by atoms with E-state index in [0.717, 1.165) is 37.1 Å². The summed E-state index contributed by atoms with van der Waals surface area (Å²) in [6.45, 7) is 1.30. The van der Waals surface area contributed by atoms with Crippen molar-refractivity contribution in [1.82, 2.24) is 0 Å². The predicted molar refractivity (Wildman–Crippen MR) is 151 cm³/mol. The first-order valence-corrected chi connectivity index (χ1v) is 12.8. The highest BCUT2D eigenvalue weighted by atomic mass is 16.5. The van der Waals surface area contributed by atoms with Crippen molar-refractivity contribution in [3.8, 4) is 11.5 Å². The molecule has 5 nitrogen and oxygen atoms in total. The van der Waals surface area contributed by atoms with Crippen LogP contribution in [0.3, 0.4) is 0 Å². The quantitative estimate of drug-likeness (QED) is 0.190. The van der Waals surface area contributed by atoms with Crippen LogP contribution in [0, 0.1) is 0 Å². The molecule has 190 valence electrons. The van der Waals surface area contributed by atoms with E-state index in [0.29, 0.717) is 24.7 Å². The standard InChI is InChI=1S/C32H34N2O3/c35-32(34-29-20-8-10-22-31(29)37-24-12-18-27-15-5-2-6-16-27)25-33-28-19-7-9-21-30(28)36-23-11-17-26-13-3-1-4-14-26/h1-10,13-16,19-22,33H,11-12,17-18,23-25H2,(H,34,35). The van der Waals surface area contributed by atoms with Crippen LogP contribution in [0.25, 0.3) is 0 Å². The van der Waals surface area contributed by atoms with Gasteiger partial charge in [0.25, 0.3) is 0 Å². The number of aryl methyl sites for hydroxylation is 2. The molecule has 0 heterocycles. The van der Waals surface area contributed by atoms with Crippen molar-refractivity contribution < 1.29 is 14.3 Å². The van der Waals surface area contributed by atoms with Gasteiger partial charge in [0.15, 0.2) is 0 Å². The number of hydrogen-bond acceptors (Lipinski definition) is 4. The summed E-state index contributed by atoms with van der Waals surface area (Å²) in [5, 5.41) is 6.17. The molecule has 0 spiro atoms. The molecule has 0 radical (unpaired) electrons. The fourth-order valence-electron chi connectivity index (χ4n) is 4.01. The molecule has 0 aliphatic carbocycles. The summed E-state index contributed by atoms with van der Waals surface area (Å²) in [6.07, 6.45) is 3.73. The second-order valence-electron chi connectivity index (χ2n) is 8.77. The minimum Gasteiger partial charge on any atom is -0.491 e. The maximum Gasteiger partial charge on any atom is 0.243 e. The molecule has 4 rings (SSSR count). The summed E-state index contributed by atoms with van der Waals surface area (Å²) >= 11 is 0. The van der Waals surface area contributed by atoms with Crippen molar-refractivity contribution in [3.05, 3.63) is 120 Å². The topological polar surface area (TPSA) is 59.6 Å². The Morgan fingerprint density at radius 2 is 1.03 bits per heavy atom. The Balaban J connectivity index is 1.22. The zero-order valence-electron chi connectivity index (χ0n) is 21.1. The lowest BCUT2D eigenvalue weighted by atomic mass is 10.1. The summed E-state index contributed by atoms with van der Waals surface area (Å²) in [6, 6.07) is 36.0. The smallest absolute Gasteiger partial charge is 0.243 e. The number of rotatable bonds is 14. The number of anilines is 2. The third-order valence-electron chi connectivity index (χ3n) is 5.91. The Hall–Kier alpha value is -4.25. The highest BCUT2D eigenvalue weighted by molar-refractivity contribution is 5.95. The summed E-state index contributed by atoms with van der Waals surface area (Å²) in [5.41, 5.74) is 4.05. The van der Waals surface area contributed by atoms with Crippen molar-refractivity contribution >= 4 is 17.3 Å². The summed E-state index contributed by atoms with van der Waals surface area (Å²) in [7, 11) is 0. The maximum absolute atomic E-state index is 12.7. The van der Waals surface area contributed by atoms with Crippen LogP contribution in [0.15, 0.2) is 109 Å². The number of nitrogens with one attached hydrogen (secondary N) is 2. The lowest BCUT2D eigenvalue weighted by molar-refractivity contribution is -0.114. The highest BCUT2D eigenvalue weighted by Gasteiger charge is 2.10. The van der Waals surface area contributed by atoms with Crippen LogP contribution in [-0.2, 0) is 17.6 Å². The molecule has 5 heteroatoms. The normalized spacial score (nSPS) is 10.5. The van der Waals surface area contributed by atoms with Crippen molar-refractivity contribution in [2.24, 2.45) is 0 Å². The third-order valence-corrected chi connectivity index (χ3v) is 5.91. The van der Waals surface area contributed by atoms with Crippen LogP contribution >= 0.6 is 0 Å². The van der Waals surface area contributed by atoms with Crippen molar-refractivity contribution in [1.29, 1.82) is 0 Å². The first-order chi connectivity index (χ1) is 18.3. The van der Waals surface area contributed by atoms with Crippen molar-refractivity contribution in [2.75, 3.05) is 30.4 Å². The van der Waals surface area contributed by atoms with Gasteiger partial charge in [-0.3, -0.25) is 4.79 Å². The molecule has 0 fully saturated rings. The minimum absolute atomic E-state index is 0.118. The van der Waals surface area contributed by atoms with E-state index in [2.05, 4.69) is 47.0 Å². The van der Waals surface area contributed by atoms with Crippen LogP contribution in [-0.4, -0.2) is 25.7 Å². The molecule has 0 aliphatic rings. The Kier molecular flexibility index (Phi) is 10.0. The van der Waals surface area contributed by atoms with E-state index in [9.17, 15) is 4.79 Å². The van der Waals surface area contributed by atoms with E-state index < -0.39 is 0 Å². The second kappa shape index (κ2) is 14.3. The van der Waals surface area contributed by atoms with Crippen LogP contribution < -0.4 is 20.1 Å². The number of carbonyl (C=O) groups excluding carboxylic acids is 1. The van der Waals surface area contributed by atoms with E-state index in [4.69, 9.17) is 9.47 Å². The zero-order valence-corrected chi connectivity index (χ0v) is 21.1. The average molecular weight is 495 g/mol. The van der Waals surface area contributed by atoms with E-state index >= 15 is 0 Å². The molecule has 37 heavy (non-hydrogen) atoms. The third kappa shape index (κ3) is 8.73. The number of hydrogen-bond donors (Lipinski definition) is 2. The van der Waals surface area contributed by atoms with Gasteiger partial charge in [-0.15, -0.1) is 0 Å². The van der Waals surface area contributed by atoms with E-state index in [-0.39, 0.29) is 12.5 Å². The number of para-hydroxylation sites is 4. The van der Waals surface area contributed by atoms with Gasteiger partial charge in [-0.2, -0.15) is 0 Å². The van der Waals surface area contributed by atoms with E-state index in [1.54, 1.807) is 0 Å². The fourth-order valence-corrected chi connectivity index (χ4v) is 4.01. The Morgan fingerprint density at radius 3 is 1.59 bits per heavy atom. The minimum atomic E-state index is -0.154. The van der Waals surface area contributed by atoms with Gasteiger partial charge in [0, 0.05) is 0 Å². The molecule has 0 atom stereocenters. The molecule has 0 saturated heterocycles. The molecule has 2 N–H and O–H groups in total.